The Bertz CT molecular complexity index is 756. The quantitative estimate of drug-likeness (QED) is 0.280. The summed E-state index contributed by atoms with van der Waals surface area (Å²) < 4.78 is 27.2. The predicted molar refractivity (Wildman–Crippen MR) is 76.0 cm³/mol. The third-order valence-corrected chi connectivity index (χ3v) is 4.75. The standard InChI is InChI=1S/C10H10BrN5O3S/c11-7-3-1-2-4-8(7)20(18,19)16-10-6(5-13-14-10)9(12)15-17/h1-5,17H,(H2,12,15)(H2,13,14,16). The molecule has 0 unspecified atom stereocenters. The van der Waals surface area contributed by atoms with Gasteiger partial charge in [0.2, 0.25) is 0 Å². The van der Waals surface area contributed by atoms with E-state index in [0.29, 0.717) is 4.47 Å². The van der Waals surface area contributed by atoms with E-state index < -0.39 is 10.0 Å². The zero-order valence-electron chi connectivity index (χ0n) is 9.91. The highest BCUT2D eigenvalue weighted by Gasteiger charge is 2.20. The van der Waals surface area contributed by atoms with Gasteiger partial charge in [0.15, 0.2) is 5.84 Å². The highest BCUT2D eigenvalue weighted by Crippen LogP contribution is 2.24. The third kappa shape index (κ3) is 2.75. The zero-order chi connectivity index (χ0) is 14.8. The van der Waals surface area contributed by atoms with Gasteiger partial charge in [-0.1, -0.05) is 17.3 Å². The molecule has 1 aromatic heterocycles. The van der Waals surface area contributed by atoms with Crippen LogP contribution in [0.15, 0.2) is 45.0 Å². The number of nitrogens with zero attached hydrogens (tertiary/aromatic N) is 2. The molecule has 0 spiro atoms. The van der Waals surface area contributed by atoms with Crippen LogP contribution in [0.5, 0.6) is 0 Å². The van der Waals surface area contributed by atoms with Crippen molar-refractivity contribution in [1.29, 1.82) is 0 Å². The molecule has 0 bridgehead atoms. The molecule has 2 aromatic rings. The van der Waals surface area contributed by atoms with E-state index in [1.54, 1.807) is 18.2 Å². The number of rotatable bonds is 4. The first-order chi connectivity index (χ1) is 9.45. The fourth-order valence-electron chi connectivity index (χ4n) is 1.46. The van der Waals surface area contributed by atoms with Gasteiger partial charge in [0, 0.05) is 4.47 Å². The monoisotopic (exact) mass is 359 g/mol. The molecule has 0 aliphatic rings. The number of benzene rings is 1. The van der Waals surface area contributed by atoms with Gasteiger partial charge in [0.05, 0.1) is 11.8 Å². The van der Waals surface area contributed by atoms with Crippen LogP contribution < -0.4 is 10.5 Å². The van der Waals surface area contributed by atoms with Crippen molar-refractivity contribution in [1.82, 2.24) is 10.2 Å². The predicted octanol–water partition coefficient (Wildman–Crippen LogP) is 1.07. The van der Waals surface area contributed by atoms with Crippen molar-refractivity contribution in [2.24, 2.45) is 10.9 Å². The average Bonchev–Trinajstić information content (AvgIpc) is 2.85. The van der Waals surface area contributed by atoms with Crippen molar-refractivity contribution in [2.75, 3.05) is 4.72 Å². The van der Waals surface area contributed by atoms with E-state index in [1.807, 2.05) is 0 Å². The number of nitrogens with one attached hydrogen (secondary N) is 2. The number of hydrogen-bond acceptors (Lipinski definition) is 5. The van der Waals surface area contributed by atoms with E-state index in [0.717, 1.165) is 0 Å². The lowest BCUT2D eigenvalue weighted by Crippen LogP contribution is -2.19. The van der Waals surface area contributed by atoms with Crippen LogP contribution >= 0.6 is 15.9 Å². The van der Waals surface area contributed by atoms with Crippen LogP contribution in [0, 0.1) is 0 Å². The summed E-state index contributed by atoms with van der Waals surface area (Å²) in [6.07, 6.45) is 1.24. The van der Waals surface area contributed by atoms with Gasteiger partial charge in [-0.15, -0.1) is 0 Å². The fourth-order valence-corrected chi connectivity index (χ4v) is 3.50. The maximum absolute atomic E-state index is 12.3. The van der Waals surface area contributed by atoms with Crippen LogP contribution in [0.25, 0.3) is 0 Å². The first kappa shape index (κ1) is 14.3. The smallest absolute Gasteiger partial charge is 0.264 e. The molecule has 2 rings (SSSR count). The summed E-state index contributed by atoms with van der Waals surface area (Å²) >= 11 is 3.16. The molecule has 0 radical (unpaired) electrons. The summed E-state index contributed by atoms with van der Waals surface area (Å²) in [5, 5.41) is 17.5. The number of sulfonamides is 1. The van der Waals surface area contributed by atoms with Crippen LogP contribution in [0.4, 0.5) is 5.82 Å². The van der Waals surface area contributed by atoms with Crippen molar-refractivity contribution in [2.45, 2.75) is 4.90 Å². The number of amidine groups is 1. The summed E-state index contributed by atoms with van der Waals surface area (Å²) in [4.78, 5) is 0.0556. The minimum Gasteiger partial charge on any atom is -0.409 e. The van der Waals surface area contributed by atoms with Crippen molar-refractivity contribution in [3.63, 3.8) is 0 Å². The maximum atomic E-state index is 12.3. The Kier molecular flexibility index (Phi) is 3.95. The average molecular weight is 360 g/mol. The maximum Gasteiger partial charge on any atom is 0.264 e. The van der Waals surface area contributed by atoms with Crippen LogP contribution in [-0.2, 0) is 10.0 Å². The van der Waals surface area contributed by atoms with Gasteiger partial charge in [-0.3, -0.25) is 9.82 Å². The molecule has 1 heterocycles. The molecular formula is C10H10BrN5O3S. The number of oxime groups is 1. The molecule has 0 atom stereocenters. The lowest BCUT2D eigenvalue weighted by atomic mass is 10.3. The molecular weight excluding hydrogens is 350 g/mol. The van der Waals surface area contributed by atoms with E-state index in [4.69, 9.17) is 10.9 Å². The van der Waals surface area contributed by atoms with Crippen LogP contribution in [0.2, 0.25) is 0 Å². The molecule has 106 valence electrons. The lowest BCUT2D eigenvalue weighted by Gasteiger charge is -2.09. The van der Waals surface area contributed by atoms with Gasteiger partial charge in [-0.2, -0.15) is 5.10 Å². The van der Waals surface area contributed by atoms with Crippen LogP contribution in [-0.4, -0.2) is 29.7 Å². The van der Waals surface area contributed by atoms with Crippen molar-refractivity contribution in [3.05, 3.63) is 40.5 Å². The SMILES string of the molecule is NC(=NO)c1cn[nH]c1NS(=O)(=O)c1ccccc1Br. The topological polar surface area (TPSA) is 133 Å². The number of hydrogen-bond donors (Lipinski definition) is 4. The van der Waals surface area contributed by atoms with E-state index >= 15 is 0 Å². The second-order valence-electron chi connectivity index (χ2n) is 3.68. The van der Waals surface area contributed by atoms with Gasteiger partial charge in [0.25, 0.3) is 10.0 Å². The Morgan fingerprint density at radius 2 is 2.15 bits per heavy atom. The molecule has 0 amide bonds. The minimum absolute atomic E-state index is 0.0102. The number of anilines is 1. The second kappa shape index (κ2) is 5.51. The van der Waals surface area contributed by atoms with Gasteiger partial charge in [0.1, 0.15) is 10.7 Å². The summed E-state index contributed by atoms with van der Waals surface area (Å²) in [7, 11) is -3.84. The van der Waals surface area contributed by atoms with E-state index in [-0.39, 0.29) is 22.1 Å². The molecule has 0 aliphatic heterocycles. The highest BCUT2D eigenvalue weighted by atomic mass is 79.9. The molecule has 0 aliphatic carbocycles. The normalized spacial score (nSPS) is 12.3. The first-order valence-electron chi connectivity index (χ1n) is 5.24. The Labute approximate surface area is 122 Å². The Morgan fingerprint density at radius 1 is 1.45 bits per heavy atom. The molecule has 0 saturated carbocycles. The molecule has 1 aromatic carbocycles. The van der Waals surface area contributed by atoms with Crippen LogP contribution in [0.3, 0.4) is 0 Å². The number of aromatic nitrogens is 2. The summed E-state index contributed by atoms with van der Waals surface area (Å²) in [6.45, 7) is 0. The molecule has 8 nitrogen and oxygen atoms in total. The Balaban J connectivity index is 2.40. The lowest BCUT2D eigenvalue weighted by molar-refractivity contribution is 0.318. The fraction of sp³-hybridized carbons (Fsp3) is 0. The van der Waals surface area contributed by atoms with E-state index in [2.05, 4.69) is 36.0 Å². The Hall–Kier alpha value is -2.07. The Morgan fingerprint density at radius 3 is 2.80 bits per heavy atom. The van der Waals surface area contributed by atoms with E-state index in [9.17, 15) is 8.42 Å². The van der Waals surface area contributed by atoms with Crippen molar-refractivity contribution in [3.8, 4) is 0 Å². The number of aromatic amines is 1. The second-order valence-corrected chi connectivity index (χ2v) is 6.18. The van der Waals surface area contributed by atoms with Crippen molar-refractivity contribution >= 4 is 37.6 Å². The number of halogens is 1. The third-order valence-electron chi connectivity index (χ3n) is 2.39. The van der Waals surface area contributed by atoms with E-state index in [1.165, 1.54) is 12.3 Å². The molecule has 5 N–H and O–H groups in total. The summed E-state index contributed by atoms with van der Waals surface area (Å²) in [5.74, 6) is -0.250. The van der Waals surface area contributed by atoms with Gasteiger partial charge in [-0.25, -0.2) is 8.42 Å². The van der Waals surface area contributed by atoms with Gasteiger partial charge < -0.3 is 10.9 Å². The molecule has 0 saturated heterocycles. The van der Waals surface area contributed by atoms with Gasteiger partial charge in [-0.05, 0) is 28.1 Å². The highest BCUT2D eigenvalue weighted by molar-refractivity contribution is 9.10. The minimum atomic E-state index is -3.84. The van der Waals surface area contributed by atoms with Crippen molar-refractivity contribution < 1.29 is 13.6 Å². The van der Waals surface area contributed by atoms with Crippen LogP contribution in [0.1, 0.15) is 5.56 Å². The first-order valence-corrected chi connectivity index (χ1v) is 7.52. The number of H-pyrrole nitrogens is 1. The molecule has 20 heavy (non-hydrogen) atoms. The largest absolute Gasteiger partial charge is 0.409 e. The summed E-state index contributed by atoms with van der Waals surface area (Å²) in [5.41, 5.74) is 5.56. The number of nitrogens with two attached hydrogens (primary N) is 1. The zero-order valence-corrected chi connectivity index (χ0v) is 12.3. The molecule has 10 heteroatoms. The molecule has 0 fully saturated rings. The summed E-state index contributed by atoms with van der Waals surface area (Å²) in [6, 6.07) is 6.33. The van der Waals surface area contributed by atoms with Gasteiger partial charge >= 0.3 is 0 Å².